The van der Waals surface area contributed by atoms with Gasteiger partial charge in [-0.15, -0.1) is 11.3 Å². The fourth-order valence-corrected chi connectivity index (χ4v) is 5.30. The summed E-state index contributed by atoms with van der Waals surface area (Å²) in [5, 5.41) is 0. The van der Waals surface area contributed by atoms with Crippen LogP contribution < -0.4 is 9.46 Å². The third-order valence-corrected chi connectivity index (χ3v) is 6.59. The van der Waals surface area contributed by atoms with Crippen molar-refractivity contribution in [3.05, 3.63) is 43.5 Å². The first-order valence-corrected chi connectivity index (χ1v) is 10.5. The first kappa shape index (κ1) is 19.5. The number of carbonyl (C=O) groups is 1. The Morgan fingerprint density at radius 2 is 2.00 bits per heavy atom. The van der Waals surface area contributed by atoms with E-state index < -0.39 is 15.9 Å². The fraction of sp³-hybridized carbons (Fsp3) is 0.214. The molecule has 1 N–H and O–H groups in total. The summed E-state index contributed by atoms with van der Waals surface area (Å²) in [7, 11) is -4.02. The van der Waals surface area contributed by atoms with Crippen molar-refractivity contribution in [2.75, 3.05) is 6.61 Å². The molecule has 0 aliphatic carbocycles. The summed E-state index contributed by atoms with van der Waals surface area (Å²) in [6, 6.07) is 8.52. The first-order chi connectivity index (χ1) is 11.3. The van der Waals surface area contributed by atoms with Crippen LogP contribution in [0.1, 0.15) is 12.8 Å². The molecule has 0 spiro atoms. The van der Waals surface area contributed by atoms with Crippen LogP contribution in [0, 0.1) is 0 Å². The molecule has 0 unspecified atom stereocenters. The molecule has 0 radical (unpaired) electrons. The molecule has 0 saturated carbocycles. The van der Waals surface area contributed by atoms with Crippen molar-refractivity contribution in [2.24, 2.45) is 0 Å². The summed E-state index contributed by atoms with van der Waals surface area (Å²) in [6.45, 7) is 0.279. The van der Waals surface area contributed by atoms with Gasteiger partial charge in [0.15, 0.2) is 0 Å². The molecule has 2 aromatic rings. The van der Waals surface area contributed by atoms with Crippen LogP contribution in [0.4, 0.5) is 0 Å². The number of carbonyl (C=O) groups excluding carboxylic acids is 1. The lowest BCUT2D eigenvalue weighted by Crippen LogP contribution is -2.30. The van der Waals surface area contributed by atoms with Crippen molar-refractivity contribution in [2.45, 2.75) is 17.7 Å². The number of halogens is 3. The number of nitrogens with one attached hydrogen (secondary N) is 1. The number of para-hydroxylation sites is 1. The van der Waals surface area contributed by atoms with Crippen LogP contribution in [0.5, 0.6) is 5.75 Å². The first-order valence-electron chi connectivity index (χ1n) is 6.67. The van der Waals surface area contributed by atoms with Gasteiger partial charge in [0.25, 0.3) is 10.0 Å². The number of hydrogen-bond acceptors (Lipinski definition) is 5. The van der Waals surface area contributed by atoms with E-state index in [4.69, 9.17) is 27.9 Å². The van der Waals surface area contributed by atoms with E-state index in [-0.39, 0.29) is 26.6 Å². The summed E-state index contributed by atoms with van der Waals surface area (Å²) in [6.07, 6.45) is 0.361. The predicted molar refractivity (Wildman–Crippen MR) is 98.5 cm³/mol. The maximum Gasteiger partial charge on any atom is 0.266 e. The van der Waals surface area contributed by atoms with Crippen molar-refractivity contribution < 1.29 is 17.9 Å². The van der Waals surface area contributed by atoms with E-state index >= 15 is 0 Å². The molecular weight excluding hydrogens is 461 g/mol. The zero-order valence-corrected chi connectivity index (χ0v) is 16.8. The zero-order chi connectivity index (χ0) is 17.7. The minimum Gasteiger partial charge on any atom is -0.492 e. The quantitative estimate of drug-likeness (QED) is 0.603. The summed E-state index contributed by atoms with van der Waals surface area (Å²) in [5.74, 6) is 0.0225. The van der Waals surface area contributed by atoms with Gasteiger partial charge in [-0.3, -0.25) is 4.79 Å². The van der Waals surface area contributed by atoms with E-state index in [1.807, 2.05) is 22.9 Å². The molecule has 0 fully saturated rings. The Bertz CT molecular complexity index is 839. The van der Waals surface area contributed by atoms with E-state index in [9.17, 15) is 13.2 Å². The van der Waals surface area contributed by atoms with Crippen molar-refractivity contribution in [3.8, 4) is 5.75 Å². The van der Waals surface area contributed by atoms with Crippen molar-refractivity contribution in [1.82, 2.24) is 4.72 Å². The molecule has 0 aliphatic rings. The number of hydrogen-bond donors (Lipinski definition) is 1. The second kappa shape index (κ2) is 8.53. The van der Waals surface area contributed by atoms with E-state index in [0.717, 1.165) is 15.8 Å². The number of thiophene rings is 1. The number of rotatable bonds is 7. The number of ether oxygens (including phenoxy) is 1. The van der Waals surface area contributed by atoms with Crippen LogP contribution in [0.2, 0.25) is 8.67 Å². The van der Waals surface area contributed by atoms with Crippen molar-refractivity contribution in [3.63, 3.8) is 0 Å². The normalized spacial score (nSPS) is 11.3. The highest BCUT2D eigenvalue weighted by molar-refractivity contribution is 9.10. The van der Waals surface area contributed by atoms with Gasteiger partial charge >= 0.3 is 0 Å². The molecular formula is C14H12BrCl2NO4S2. The zero-order valence-electron chi connectivity index (χ0n) is 12.1. The monoisotopic (exact) mass is 471 g/mol. The highest BCUT2D eigenvalue weighted by Crippen LogP contribution is 2.34. The molecule has 1 amide bonds. The highest BCUT2D eigenvalue weighted by Gasteiger charge is 2.23. The number of amides is 1. The molecule has 1 aromatic heterocycles. The third-order valence-electron chi connectivity index (χ3n) is 2.81. The van der Waals surface area contributed by atoms with Crippen LogP contribution >= 0.6 is 50.5 Å². The summed E-state index contributed by atoms with van der Waals surface area (Å²) < 4.78 is 32.7. The Balaban J connectivity index is 1.83. The summed E-state index contributed by atoms with van der Waals surface area (Å²) >= 11 is 15.8. The minimum atomic E-state index is -4.02. The summed E-state index contributed by atoms with van der Waals surface area (Å²) in [5.41, 5.74) is 0. The Hall–Kier alpha value is -0.800. The lowest BCUT2D eigenvalue weighted by molar-refractivity contribution is -0.119. The number of benzene rings is 1. The largest absolute Gasteiger partial charge is 0.492 e. The highest BCUT2D eigenvalue weighted by atomic mass is 79.9. The molecule has 24 heavy (non-hydrogen) atoms. The van der Waals surface area contributed by atoms with E-state index in [1.165, 1.54) is 6.07 Å². The molecule has 0 atom stereocenters. The Morgan fingerprint density at radius 1 is 1.29 bits per heavy atom. The van der Waals surface area contributed by atoms with E-state index in [1.54, 1.807) is 6.07 Å². The Morgan fingerprint density at radius 3 is 2.62 bits per heavy atom. The van der Waals surface area contributed by atoms with Gasteiger partial charge in [-0.05, 0) is 40.5 Å². The van der Waals surface area contributed by atoms with Crippen LogP contribution in [-0.4, -0.2) is 20.9 Å². The van der Waals surface area contributed by atoms with E-state index in [2.05, 4.69) is 15.9 Å². The van der Waals surface area contributed by atoms with Gasteiger partial charge in [-0.25, -0.2) is 13.1 Å². The maximum atomic E-state index is 12.1. The van der Waals surface area contributed by atoms with Crippen molar-refractivity contribution in [1.29, 1.82) is 0 Å². The van der Waals surface area contributed by atoms with Crippen LogP contribution in [0.25, 0.3) is 0 Å². The van der Waals surface area contributed by atoms with Gasteiger partial charge in [0, 0.05) is 6.42 Å². The van der Waals surface area contributed by atoms with Crippen LogP contribution in [0.15, 0.2) is 39.7 Å². The molecule has 1 aromatic carbocycles. The Kier molecular flexibility index (Phi) is 6.94. The molecule has 130 valence electrons. The average Bonchev–Trinajstić information content (AvgIpc) is 2.84. The van der Waals surface area contributed by atoms with Gasteiger partial charge in [-0.1, -0.05) is 35.3 Å². The van der Waals surface area contributed by atoms with Gasteiger partial charge in [-0.2, -0.15) is 0 Å². The van der Waals surface area contributed by atoms with Gasteiger partial charge < -0.3 is 4.74 Å². The van der Waals surface area contributed by atoms with Gasteiger partial charge in [0.2, 0.25) is 5.91 Å². The standard InChI is InChI=1S/C14H12BrCl2NO4S2/c15-9-4-1-2-5-10(9)22-7-3-6-13(19)18-24(20,21)11-8-12(16)23-14(11)17/h1-2,4-5,8H,3,6-7H2,(H,18,19). The predicted octanol–water partition coefficient (Wildman–Crippen LogP) is 4.48. The molecule has 0 bridgehead atoms. The topological polar surface area (TPSA) is 72.5 Å². The van der Waals surface area contributed by atoms with Crippen LogP contribution in [-0.2, 0) is 14.8 Å². The molecule has 10 heteroatoms. The van der Waals surface area contributed by atoms with E-state index in [0.29, 0.717) is 12.2 Å². The second-order valence-corrected chi connectivity index (χ2v) is 9.39. The lowest BCUT2D eigenvalue weighted by Gasteiger charge is -2.08. The smallest absolute Gasteiger partial charge is 0.266 e. The second-order valence-electron chi connectivity index (χ2n) is 4.60. The maximum absolute atomic E-state index is 12.1. The molecule has 0 aliphatic heterocycles. The average molecular weight is 473 g/mol. The lowest BCUT2D eigenvalue weighted by atomic mass is 10.3. The molecule has 5 nitrogen and oxygen atoms in total. The Labute approximate surface area is 162 Å². The fourth-order valence-electron chi connectivity index (χ4n) is 1.74. The van der Waals surface area contributed by atoms with Gasteiger partial charge in [0.05, 0.1) is 15.4 Å². The third kappa shape index (κ3) is 5.35. The minimum absolute atomic E-state index is 0.000822. The SMILES string of the molecule is O=C(CCCOc1ccccc1Br)NS(=O)(=O)c1cc(Cl)sc1Cl. The molecule has 1 heterocycles. The van der Waals surface area contributed by atoms with Gasteiger partial charge in [0.1, 0.15) is 15.0 Å². The van der Waals surface area contributed by atoms with Crippen molar-refractivity contribution >= 4 is 66.4 Å². The molecule has 2 rings (SSSR count). The van der Waals surface area contributed by atoms with Crippen LogP contribution in [0.3, 0.4) is 0 Å². The summed E-state index contributed by atoms with van der Waals surface area (Å²) in [4.78, 5) is 11.6. The number of sulfonamides is 1. The molecule has 0 saturated heterocycles.